The number of amides is 4. The highest BCUT2D eigenvalue weighted by molar-refractivity contribution is 6.04. The molecule has 4 amide bonds. The van der Waals surface area contributed by atoms with Crippen molar-refractivity contribution in [3.63, 3.8) is 0 Å². The predicted molar refractivity (Wildman–Crippen MR) is 83.2 cm³/mol. The summed E-state index contributed by atoms with van der Waals surface area (Å²) >= 11 is 0. The first-order valence-corrected chi connectivity index (χ1v) is 7.46. The standard InChI is InChI=1S/C16H21N3O3/c1-4-10(5-2)14(20)17-12-8-6-11(7-9-12)13-15(21)19(3)16(22)18-13/h6-10,13H,4-5H2,1-3H3,(H,17,20)(H,18,22). The molecule has 1 aromatic rings. The Morgan fingerprint density at radius 3 is 2.27 bits per heavy atom. The van der Waals surface area contributed by atoms with Crippen LogP contribution in [0.3, 0.4) is 0 Å². The van der Waals surface area contributed by atoms with E-state index >= 15 is 0 Å². The summed E-state index contributed by atoms with van der Waals surface area (Å²) in [5.41, 5.74) is 1.38. The van der Waals surface area contributed by atoms with E-state index in [9.17, 15) is 14.4 Å². The van der Waals surface area contributed by atoms with Crippen LogP contribution in [0.4, 0.5) is 10.5 Å². The van der Waals surface area contributed by atoms with Gasteiger partial charge in [-0.05, 0) is 30.5 Å². The molecule has 2 N–H and O–H groups in total. The van der Waals surface area contributed by atoms with Crippen LogP contribution in [0.1, 0.15) is 38.3 Å². The lowest BCUT2D eigenvalue weighted by Gasteiger charge is -2.14. The number of likely N-dealkylation sites (N-methyl/N-ethyl adjacent to an activating group) is 1. The first-order valence-electron chi connectivity index (χ1n) is 7.46. The number of carbonyl (C=O) groups is 3. The van der Waals surface area contributed by atoms with E-state index in [0.717, 1.165) is 17.7 Å². The third-order valence-corrected chi connectivity index (χ3v) is 4.02. The summed E-state index contributed by atoms with van der Waals surface area (Å²) in [4.78, 5) is 36.5. The second-order valence-corrected chi connectivity index (χ2v) is 5.40. The normalized spacial score (nSPS) is 17.8. The first kappa shape index (κ1) is 16.0. The molecule has 1 atom stereocenters. The molecule has 2 rings (SSSR count). The van der Waals surface area contributed by atoms with Crippen molar-refractivity contribution < 1.29 is 14.4 Å². The van der Waals surface area contributed by atoms with Gasteiger partial charge >= 0.3 is 6.03 Å². The van der Waals surface area contributed by atoms with Gasteiger partial charge in [0.25, 0.3) is 5.91 Å². The Kier molecular flexibility index (Phi) is 4.80. The molecule has 1 saturated heterocycles. The van der Waals surface area contributed by atoms with Crippen LogP contribution in [-0.2, 0) is 9.59 Å². The van der Waals surface area contributed by atoms with Gasteiger partial charge in [-0.3, -0.25) is 14.5 Å². The second kappa shape index (κ2) is 6.60. The molecular weight excluding hydrogens is 282 g/mol. The van der Waals surface area contributed by atoms with Crippen LogP contribution in [0.5, 0.6) is 0 Å². The molecule has 1 unspecified atom stereocenters. The summed E-state index contributed by atoms with van der Waals surface area (Å²) in [5, 5.41) is 5.49. The number of nitrogens with one attached hydrogen (secondary N) is 2. The van der Waals surface area contributed by atoms with Gasteiger partial charge in [-0.25, -0.2) is 4.79 Å². The van der Waals surface area contributed by atoms with Crippen LogP contribution in [0, 0.1) is 5.92 Å². The molecule has 0 saturated carbocycles. The minimum atomic E-state index is -0.652. The summed E-state index contributed by atoms with van der Waals surface area (Å²) in [6.45, 7) is 3.98. The predicted octanol–water partition coefficient (Wildman–Crippen LogP) is 2.28. The van der Waals surface area contributed by atoms with Gasteiger partial charge in [-0.2, -0.15) is 0 Å². The molecule has 1 heterocycles. The molecule has 6 nitrogen and oxygen atoms in total. The van der Waals surface area contributed by atoms with E-state index in [2.05, 4.69) is 10.6 Å². The van der Waals surface area contributed by atoms with E-state index in [1.54, 1.807) is 24.3 Å². The number of carbonyl (C=O) groups excluding carboxylic acids is 3. The lowest BCUT2D eigenvalue weighted by Crippen LogP contribution is -2.25. The molecule has 0 spiro atoms. The SMILES string of the molecule is CCC(CC)C(=O)Nc1ccc(C2NC(=O)N(C)C2=O)cc1. The number of rotatable bonds is 5. The summed E-state index contributed by atoms with van der Waals surface area (Å²) < 4.78 is 0. The molecule has 1 aliphatic heterocycles. The molecule has 118 valence electrons. The Morgan fingerprint density at radius 2 is 1.82 bits per heavy atom. The van der Waals surface area contributed by atoms with Crippen LogP contribution in [0.25, 0.3) is 0 Å². The maximum atomic E-state index is 12.0. The Labute approximate surface area is 129 Å². The molecule has 6 heteroatoms. The van der Waals surface area contributed by atoms with Crippen LogP contribution in [-0.4, -0.2) is 29.8 Å². The van der Waals surface area contributed by atoms with Gasteiger partial charge in [0, 0.05) is 18.7 Å². The molecule has 0 radical (unpaired) electrons. The maximum absolute atomic E-state index is 12.0. The minimum absolute atomic E-state index is 0.00253. The minimum Gasteiger partial charge on any atom is -0.326 e. The summed E-state index contributed by atoms with van der Waals surface area (Å²) in [6.07, 6.45) is 1.60. The van der Waals surface area contributed by atoms with E-state index in [0.29, 0.717) is 11.3 Å². The van der Waals surface area contributed by atoms with Crippen molar-refractivity contribution in [1.29, 1.82) is 0 Å². The van der Waals surface area contributed by atoms with Gasteiger partial charge in [0.15, 0.2) is 0 Å². The summed E-state index contributed by atoms with van der Waals surface area (Å²) in [7, 11) is 1.45. The fourth-order valence-corrected chi connectivity index (χ4v) is 2.46. The van der Waals surface area contributed by atoms with Crippen molar-refractivity contribution in [2.75, 3.05) is 12.4 Å². The molecule has 0 aliphatic carbocycles. The average molecular weight is 303 g/mol. The lowest BCUT2D eigenvalue weighted by molar-refractivity contribution is -0.126. The Bertz CT molecular complexity index is 579. The Balaban J connectivity index is 2.07. The molecule has 1 aromatic carbocycles. The average Bonchev–Trinajstić information content (AvgIpc) is 2.77. The van der Waals surface area contributed by atoms with Crippen molar-refractivity contribution >= 4 is 23.5 Å². The quantitative estimate of drug-likeness (QED) is 0.819. The van der Waals surface area contributed by atoms with Gasteiger partial charge in [-0.1, -0.05) is 26.0 Å². The van der Waals surface area contributed by atoms with Gasteiger partial charge in [0.1, 0.15) is 6.04 Å². The number of urea groups is 1. The highest BCUT2D eigenvalue weighted by Gasteiger charge is 2.36. The number of hydrogen-bond donors (Lipinski definition) is 2. The fourth-order valence-electron chi connectivity index (χ4n) is 2.46. The zero-order valence-electron chi connectivity index (χ0n) is 13.1. The number of benzene rings is 1. The Morgan fingerprint density at radius 1 is 1.23 bits per heavy atom. The number of imide groups is 1. The van der Waals surface area contributed by atoms with E-state index < -0.39 is 12.1 Å². The van der Waals surface area contributed by atoms with E-state index in [-0.39, 0.29) is 17.7 Å². The molecule has 0 bridgehead atoms. The zero-order valence-corrected chi connectivity index (χ0v) is 13.1. The third kappa shape index (κ3) is 3.10. The van der Waals surface area contributed by atoms with Gasteiger partial charge in [0.05, 0.1) is 0 Å². The van der Waals surface area contributed by atoms with Crippen molar-refractivity contribution in [2.24, 2.45) is 5.92 Å². The topological polar surface area (TPSA) is 78.5 Å². The van der Waals surface area contributed by atoms with Crippen molar-refractivity contribution in [1.82, 2.24) is 10.2 Å². The van der Waals surface area contributed by atoms with Gasteiger partial charge in [0.2, 0.25) is 5.91 Å². The highest BCUT2D eigenvalue weighted by atomic mass is 16.2. The van der Waals surface area contributed by atoms with Crippen molar-refractivity contribution in [3.05, 3.63) is 29.8 Å². The smallest absolute Gasteiger partial charge is 0.324 e. The van der Waals surface area contributed by atoms with Crippen molar-refractivity contribution in [2.45, 2.75) is 32.7 Å². The number of nitrogens with zero attached hydrogens (tertiary/aromatic N) is 1. The summed E-state index contributed by atoms with van der Waals surface area (Å²) in [6, 6.07) is 5.91. The van der Waals surface area contributed by atoms with Gasteiger partial charge in [-0.15, -0.1) is 0 Å². The molecular formula is C16H21N3O3. The largest absolute Gasteiger partial charge is 0.326 e. The molecule has 1 fully saturated rings. The number of anilines is 1. The highest BCUT2D eigenvalue weighted by Crippen LogP contribution is 2.23. The second-order valence-electron chi connectivity index (χ2n) is 5.40. The first-order chi connectivity index (χ1) is 10.5. The maximum Gasteiger partial charge on any atom is 0.324 e. The molecule has 22 heavy (non-hydrogen) atoms. The third-order valence-electron chi connectivity index (χ3n) is 4.02. The van der Waals surface area contributed by atoms with Crippen LogP contribution in [0.2, 0.25) is 0 Å². The van der Waals surface area contributed by atoms with Crippen LogP contribution in [0.15, 0.2) is 24.3 Å². The fraction of sp³-hybridized carbons (Fsp3) is 0.438. The van der Waals surface area contributed by atoms with E-state index in [1.165, 1.54) is 7.05 Å². The monoisotopic (exact) mass is 303 g/mol. The Hall–Kier alpha value is -2.37. The van der Waals surface area contributed by atoms with E-state index in [1.807, 2.05) is 13.8 Å². The zero-order chi connectivity index (χ0) is 16.3. The van der Waals surface area contributed by atoms with Crippen molar-refractivity contribution in [3.8, 4) is 0 Å². The molecule has 0 aromatic heterocycles. The van der Waals surface area contributed by atoms with E-state index in [4.69, 9.17) is 0 Å². The number of hydrogen-bond acceptors (Lipinski definition) is 3. The van der Waals surface area contributed by atoms with Crippen LogP contribution < -0.4 is 10.6 Å². The molecule has 1 aliphatic rings. The summed E-state index contributed by atoms with van der Waals surface area (Å²) in [5.74, 6) is -0.273. The lowest BCUT2D eigenvalue weighted by atomic mass is 10.0. The van der Waals surface area contributed by atoms with Gasteiger partial charge < -0.3 is 10.6 Å². The van der Waals surface area contributed by atoms with Crippen LogP contribution >= 0.6 is 0 Å².